The normalized spacial score (nSPS) is 11.4. The number of hydrogen-bond acceptors (Lipinski definition) is 5. The first-order valence-electron chi connectivity index (χ1n) is 9.29. The number of benzene rings is 2. The molecule has 0 fully saturated rings. The van der Waals surface area contributed by atoms with Crippen LogP contribution in [-0.4, -0.2) is 41.5 Å². The van der Waals surface area contributed by atoms with Crippen LogP contribution in [0.3, 0.4) is 0 Å². The number of fused-ring (bicyclic) bond motifs is 1. The topological polar surface area (TPSA) is 84.5 Å². The summed E-state index contributed by atoms with van der Waals surface area (Å²) in [5, 5.41) is 0.272. The highest BCUT2D eigenvalue weighted by molar-refractivity contribution is 5.94. The van der Waals surface area contributed by atoms with Crippen LogP contribution in [-0.2, 0) is 12.7 Å². The van der Waals surface area contributed by atoms with Gasteiger partial charge in [0.05, 0.1) is 37.2 Å². The maximum Gasteiger partial charge on any atom is 0.416 e. The van der Waals surface area contributed by atoms with Crippen LogP contribution in [0.25, 0.3) is 10.9 Å². The van der Waals surface area contributed by atoms with Crippen molar-refractivity contribution in [1.29, 1.82) is 0 Å². The summed E-state index contributed by atoms with van der Waals surface area (Å²) in [5.74, 6) is 0.326. The molecule has 0 unspecified atom stereocenters. The zero-order chi connectivity index (χ0) is 22.8. The summed E-state index contributed by atoms with van der Waals surface area (Å²) in [6, 6.07) is 7.23. The van der Waals surface area contributed by atoms with Crippen LogP contribution >= 0.6 is 0 Å². The van der Waals surface area contributed by atoms with E-state index in [1.165, 1.54) is 43.4 Å². The minimum atomic E-state index is -4.56. The van der Waals surface area contributed by atoms with E-state index in [0.717, 1.165) is 12.1 Å². The molecule has 3 rings (SSSR count). The molecule has 31 heavy (non-hydrogen) atoms. The summed E-state index contributed by atoms with van der Waals surface area (Å²) in [6.45, 7) is 1.78. The Labute approximate surface area is 175 Å². The van der Waals surface area contributed by atoms with Gasteiger partial charge < -0.3 is 19.4 Å². The van der Waals surface area contributed by atoms with Gasteiger partial charge in [-0.1, -0.05) is 6.07 Å². The third-order valence-corrected chi connectivity index (χ3v) is 4.71. The Kier molecular flexibility index (Phi) is 6.19. The number of ether oxygens (including phenoxy) is 2. The molecule has 1 aromatic heterocycles. The van der Waals surface area contributed by atoms with Gasteiger partial charge in [0, 0.05) is 18.2 Å². The molecule has 0 saturated carbocycles. The number of hydrogen-bond donors (Lipinski definition) is 1. The van der Waals surface area contributed by atoms with Gasteiger partial charge in [0.1, 0.15) is 5.82 Å². The zero-order valence-electron chi connectivity index (χ0n) is 17.0. The lowest BCUT2D eigenvalue weighted by Crippen LogP contribution is -2.32. The highest BCUT2D eigenvalue weighted by atomic mass is 19.4. The minimum Gasteiger partial charge on any atom is -0.493 e. The maximum atomic E-state index is 13.0. The van der Waals surface area contributed by atoms with Crippen molar-refractivity contribution >= 4 is 16.8 Å². The van der Waals surface area contributed by atoms with E-state index in [9.17, 15) is 22.8 Å². The lowest BCUT2D eigenvalue weighted by molar-refractivity contribution is -0.137. The van der Waals surface area contributed by atoms with Crippen molar-refractivity contribution in [1.82, 2.24) is 14.9 Å². The van der Waals surface area contributed by atoms with Gasteiger partial charge in [-0.05, 0) is 31.2 Å². The summed E-state index contributed by atoms with van der Waals surface area (Å²) in [4.78, 5) is 33.6. The molecule has 1 N–H and O–H groups in total. The molecular formula is C21H20F3N3O4. The smallest absolute Gasteiger partial charge is 0.416 e. The second-order valence-electron chi connectivity index (χ2n) is 6.63. The SMILES string of the molecule is CCN(Cc1nc2cc(OC)c(OC)cc2c(=O)[nH]1)C(=O)c1cccc(C(F)(F)F)c1. The predicted octanol–water partition coefficient (Wildman–Crippen LogP) is 3.62. The highest BCUT2D eigenvalue weighted by Crippen LogP contribution is 2.31. The summed E-state index contributed by atoms with van der Waals surface area (Å²) >= 11 is 0. The molecule has 0 radical (unpaired) electrons. The number of nitrogens with one attached hydrogen (secondary N) is 1. The van der Waals surface area contributed by atoms with Crippen molar-refractivity contribution in [2.45, 2.75) is 19.6 Å². The fraction of sp³-hybridized carbons (Fsp3) is 0.286. The Bertz CT molecular complexity index is 1170. The molecule has 0 bridgehead atoms. The van der Waals surface area contributed by atoms with Crippen molar-refractivity contribution < 1.29 is 27.4 Å². The Balaban J connectivity index is 1.94. The van der Waals surface area contributed by atoms with Crippen molar-refractivity contribution in [2.24, 2.45) is 0 Å². The van der Waals surface area contributed by atoms with E-state index >= 15 is 0 Å². The van der Waals surface area contributed by atoms with Crippen molar-refractivity contribution in [2.75, 3.05) is 20.8 Å². The van der Waals surface area contributed by atoms with Gasteiger partial charge in [0.2, 0.25) is 0 Å². The van der Waals surface area contributed by atoms with E-state index in [1.54, 1.807) is 6.92 Å². The molecule has 0 aliphatic carbocycles. The summed E-state index contributed by atoms with van der Waals surface area (Å²) in [5.41, 5.74) is -1.12. The second-order valence-corrected chi connectivity index (χ2v) is 6.63. The molecule has 7 nitrogen and oxygen atoms in total. The molecule has 1 heterocycles. The van der Waals surface area contributed by atoms with Crippen LogP contribution in [0.4, 0.5) is 13.2 Å². The lowest BCUT2D eigenvalue weighted by Gasteiger charge is -2.21. The fourth-order valence-corrected chi connectivity index (χ4v) is 3.11. The monoisotopic (exact) mass is 435 g/mol. The molecule has 164 valence electrons. The van der Waals surface area contributed by atoms with Crippen molar-refractivity contribution in [3.63, 3.8) is 0 Å². The van der Waals surface area contributed by atoms with E-state index in [0.29, 0.717) is 17.0 Å². The van der Waals surface area contributed by atoms with Crippen LogP contribution in [0.2, 0.25) is 0 Å². The van der Waals surface area contributed by atoms with Gasteiger partial charge in [-0.25, -0.2) is 4.98 Å². The first-order chi connectivity index (χ1) is 14.7. The number of amides is 1. The van der Waals surface area contributed by atoms with Crippen LogP contribution in [0, 0.1) is 0 Å². The third-order valence-electron chi connectivity index (χ3n) is 4.71. The maximum absolute atomic E-state index is 13.0. The van der Waals surface area contributed by atoms with Crippen molar-refractivity contribution in [3.8, 4) is 11.5 Å². The van der Waals surface area contributed by atoms with E-state index in [2.05, 4.69) is 9.97 Å². The number of nitrogens with zero attached hydrogens (tertiary/aromatic N) is 2. The van der Waals surface area contributed by atoms with Crippen LogP contribution in [0.5, 0.6) is 11.5 Å². The van der Waals surface area contributed by atoms with Crippen LogP contribution < -0.4 is 15.0 Å². The summed E-state index contributed by atoms with van der Waals surface area (Å²) in [6.07, 6.45) is -4.56. The lowest BCUT2D eigenvalue weighted by atomic mass is 10.1. The molecule has 2 aromatic carbocycles. The molecule has 3 aromatic rings. The number of aromatic nitrogens is 2. The zero-order valence-corrected chi connectivity index (χ0v) is 17.0. The van der Waals surface area contributed by atoms with Gasteiger partial charge in [0.25, 0.3) is 11.5 Å². The van der Waals surface area contributed by atoms with E-state index < -0.39 is 23.2 Å². The average molecular weight is 435 g/mol. The van der Waals surface area contributed by atoms with Crippen LogP contribution in [0.15, 0.2) is 41.2 Å². The van der Waals surface area contributed by atoms with Gasteiger partial charge in [-0.2, -0.15) is 13.2 Å². The molecule has 0 spiro atoms. The number of H-pyrrole nitrogens is 1. The molecule has 0 aliphatic rings. The fourth-order valence-electron chi connectivity index (χ4n) is 3.11. The van der Waals surface area contributed by atoms with Gasteiger partial charge in [-0.3, -0.25) is 9.59 Å². The Morgan fingerprint density at radius 3 is 2.42 bits per heavy atom. The quantitative estimate of drug-likeness (QED) is 0.639. The molecule has 0 saturated heterocycles. The number of carbonyl (C=O) groups is 1. The predicted molar refractivity (Wildman–Crippen MR) is 107 cm³/mol. The minimum absolute atomic E-state index is 0.0922. The number of aromatic amines is 1. The molecule has 1 amide bonds. The Morgan fingerprint density at radius 1 is 1.13 bits per heavy atom. The highest BCUT2D eigenvalue weighted by Gasteiger charge is 2.31. The number of rotatable bonds is 6. The third kappa shape index (κ3) is 4.62. The second kappa shape index (κ2) is 8.66. The van der Waals surface area contributed by atoms with Crippen molar-refractivity contribution in [3.05, 3.63) is 63.7 Å². The number of carbonyl (C=O) groups excluding carboxylic acids is 1. The Hall–Kier alpha value is -3.56. The summed E-state index contributed by atoms with van der Waals surface area (Å²) < 4.78 is 49.3. The van der Waals surface area contributed by atoms with Gasteiger partial charge >= 0.3 is 6.18 Å². The van der Waals surface area contributed by atoms with Gasteiger partial charge in [-0.15, -0.1) is 0 Å². The molecule has 0 atom stereocenters. The van der Waals surface area contributed by atoms with Gasteiger partial charge in [0.15, 0.2) is 11.5 Å². The molecule has 0 aliphatic heterocycles. The average Bonchev–Trinajstić information content (AvgIpc) is 2.75. The number of methoxy groups -OCH3 is 2. The first-order valence-corrected chi connectivity index (χ1v) is 9.29. The molecular weight excluding hydrogens is 415 g/mol. The van der Waals surface area contributed by atoms with E-state index in [4.69, 9.17) is 9.47 Å². The summed E-state index contributed by atoms with van der Waals surface area (Å²) in [7, 11) is 2.89. The number of alkyl halides is 3. The van der Waals surface area contributed by atoms with E-state index in [1.807, 2.05) is 0 Å². The number of halogens is 3. The Morgan fingerprint density at radius 2 is 1.81 bits per heavy atom. The molecule has 10 heteroatoms. The first kappa shape index (κ1) is 22.1. The standard InChI is InChI=1S/C21H20F3N3O4/c1-4-27(20(29)12-6-5-7-13(8-12)21(22,23)24)11-18-25-15-10-17(31-3)16(30-2)9-14(15)19(28)26-18/h5-10H,4,11H2,1-3H3,(H,25,26,28). The van der Waals surface area contributed by atoms with Crippen LogP contribution in [0.1, 0.15) is 28.7 Å². The van der Waals surface area contributed by atoms with E-state index in [-0.39, 0.29) is 29.9 Å². The largest absolute Gasteiger partial charge is 0.493 e.